The van der Waals surface area contributed by atoms with Crippen molar-refractivity contribution in [3.8, 4) is 0 Å². The van der Waals surface area contributed by atoms with Crippen molar-refractivity contribution in [2.24, 2.45) is 0 Å². The Hall–Kier alpha value is 0.0300. The Kier molecular flexibility index (Phi) is 0.886. The molecule has 0 aromatic heterocycles. The van der Waals surface area contributed by atoms with Gasteiger partial charge >= 0.3 is 0 Å². The van der Waals surface area contributed by atoms with Gasteiger partial charge in [-0.05, 0) is 0 Å². The molecule has 0 spiro atoms. The van der Waals surface area contributed by atoms with E-state index in [9.17, 15) is 4.21 Å². The average molecular weight is 108 g/mol. The van der Waals surface area contributed by atoms with E-state index in [4.69, 9.17) is 4.55 Å². The lowest BCUT2D eigenvalue weighted by Crippen LogP contribution is -1.99. The molecule has 1 aliphatic rings. The molecule has 6 heavy (non-hydrogen) atoms. The van der Waals surface area contributed by atoms with Gasteiger partial charge in [0.15, 0.2) is 16.6 Å². The van der Waals surface area contributed by atoms with Crippen molar-refractivity contribution in [1.82, 2.24) is 10.9 Å². The van der Waals surface area contributed by atoms with E-state index in [0.717, 1.165) is 0 Å². The molecule has 1 saturated heterocycles. The molecule has 1 rings (SSSR count). The van der Waals surface area contributed by atoms with E-state index in [1.54, 1.807) is 0 Å². The first-order chi connectivity index (χ1) is 2.80. The molecule has 4 nitrogen and oxygen atoms in total. The van der Waals surface area contributed by atoms with E-state index in [-0.39, 0.29) is 5.50 Å². The molecule has 0 aliphatic carbocycles. The van der Waals surface area contributed by atoms with Crippen LogP contribution in [-0.2, 0) is 11.1 Å². The van der Waals surface area contributed by atoms with E-state index in [0.29, 0.717) is 0 Å². The summed E-state index contributed by atoms with van der Waals surface area (Å²) < 4.78 is 17.8. The van der Waals surface area contributed by atoms with Crippen LogP contribution >= 0.6 is 0 Å². The van der Waals surface area contributed by atoms with Gasteiger partial charge in [-0.15, -0.1) is 0 Å². The fourth-order valence-corrected chi connectivity index (χ4v) is 0.405. The predicted octanol–water partition coefficient (Wildman–Crippen LogP) is -1.40. The Morgan fingerprint density at radius 2 is 2.17 bits per heavy atom. The zero-order valence-corrected chi connectivity index (χ0v) is 3.66. The maximum absolute atomic E-state index is 9.75. The minimum atomic E-state index is -1.73. The van der Waals surface area contributed by atoms with Gasteiger partial charge in [-0.2, -0.15) is 0 Å². The Morgan fingerprint density at radius 1 is 1.67 bits per heavy atom. The van der Waals surface area contributed by atoms with Crippen LogP contribution in [0, 0.1) is 0 Å². The van der Waals surface area contributed by atoms with Crippen LogP contribution in [0.4, 0.5) is 0 Å². The Morgan fingerprint density at radius 3 is 2.17 bits per heavy atom. The van der Waals surface area contributed by atoms with Crippen LogP contribution in [0.3, 0.4) is 0 Å². The number of nitrogens with one attached hydrogen (secondary N) is 2. The lowest BCUT2D eigenvalue weighted by Gasteiger charge is -1.73. The molecular weight excluding hydrogens is 104 g/mol. The standard InChI is InChI=1S/CH4N2O2S/c4-6(5)1-2-3-1/h1-3H,(H,4,5). The zero-order chi connectivity index (χ0) is 4.57. The maximum Gasteiger partial charge on any atom is 0.188 e. The quantitative estimate of drug-likeness (QED) is 0.285. The van der Waals surface area contributed by atoms with E-state index in [1.807, 2.05) is 0 Å². The Bertz CT molecular complexity index is 79.6. The molecular formula is CH4N2O2S. The molecule has 1 unspecified atom stereocenters. The Balaban J connectivity index is 2.31. The first kappa shape index (κ1) is 4.20. The van der Waals surface area contributed by atoms with Crippen LogP contribution in [0.2, 0.25) is 0 Å². The summed E-state index contributed by atoms with van der Waals surface area (Å²) in [7, 11) is 0. The van der Waals surface area contributed by atoms with Crippen molar-refractivity contribution in [1.29, 1.82) is 0 Å². The number of rotatable bonds is 1. The monoisotopic (exact) mass is 108 g/mol. The maximum atomic E-state index is 9.75. The minimum absolute atomic E-state index is 0.370. The van der Waals surface area contributed by atoms with Crippen LogP contribution in [0.1, 0.15) is 0 Å². The molecule has 3 N–H and O–H groups in total. The van der Waals surface area contributed by atoms with Crippen molar-refractivity contribution in [3.05, 3.63) is 0 Å². The molecule has 5 heteroatoms. The van der Waals surface area contributed by atoms with Crippen molar-refractivity contribution in [3.63, 3.8) is 0 Å². The summed E-state index contributed by atoms with van der Waals surface area (Å²) in [6.45, 7) is 0. The highest BCUT2D eigenvalue weighted by Crippen LogP contribution is 1.89. The lowest BCUT2D eigenvalue weighted by molar-refractivity contribution is 0.561. The minimum Gasteiger partial charge on any atom is -0.304 e. The largest absolute Gasteiger partial charge is 0.304 e. The van der Waals surface area contributed by atoms with Gasteiger partial charge < -0.3 is 4.55 Å². The zero-order valence-electron chi connectivity index (χ0n) is 2.84. The molecule has 0 aromatic rings. The van der Waals surface area contributed by atoms with Crippen molar-refractivity contribution in [2.45, 2.75) is 5.50 Å². The molecule has 1 fully saturated rings. The predicted molar refractivity (Wildman–Crippen MR) is 20.8 cm³/mol. The van der Waals surface area contributed by atoms with Gasteiger partial charge in [0.25, 0.3) is 0 Å². The molecule has 0 saturated carbocycles. The molecule has 0 amide bonds. The van der Waals surface area contributed by atoms with E-state index in [1.165, 1.54) is 0 Å². The molecule has 1 atom stereocenters. The summed E-state index contributed by atoms with van der Waals surface area (Å²) >= 11 is -1.73. The third-order valence-electron chi connectivity index (χ3n) is 0.464. The summed E-state index contributed by atoms with van der Waals surface area (Å²) in [6.07, 6.45) is 0. The molecule has 1 heterocycles. The van der Waals surface area contributed by atoms with Crippen LogP contribution in [0.5, 0.6) is 0 Å². The van der Waals surface area contributed by atoms with Crippen molar-refractivity contribution in [2.75, 3.05) is 0 Å². The van der Waals surface area contributed by atoms with Crippen LogP contribution < -0.4 is 10.9 Å². The van der Waals surface area contributed by atoms with Crippen molar-refractivity contribution >= 4 is 11.1 Å². The van der Waals surface area contributed by atoms with Gasteiger partial charge in [-0.1, -0.05) is 0 Å². The van der Waals surface area contributed by atoms with Crippen LogP contribution in [-0.4, -0.2) is 14.3 Å². The van der Waals surface area contributed by atoms with Crippen LogP contribution in [0.25, 0.3) is 0 Å². The SMILES string of the molecule is O=S(O)C1NN1. The lowest BCUT2D eigenvalue weighted by atomic mass is 11.4. The first-order valence-electron chi connectivity index (χ1n) is 1.41. The topological polar surface area (TPSA) is 81.2 Å². The summed E-state index contributed by atoms with van der Waals surface area (Å²) in [6, 6.07) is 0. The van der Waals surface area contributed by atoms with Gasteiger partial charge in [0.2, 0.25) is 0 Å². The van der Waals surface area contributed by atoms with E-state index < -0.39 is 11.1 Å². The highest BCUT2D eigenvalue weighted by molar-refractivity contribution is 7.80. The average Bonchev–Trinajstić information content (AvgIpc) is 2.06. The third-order valence-corrected chi connectivity index (χ3v) is 1.10. The second-order valence-corrected chi connectivity index (χ2v) is 1.97. The van der Waals surface area contributed by atoms with E-state index >= 15 is 0 Å². The first-order valence-corrected chi connectivity index (χ1v) is 2.58. The van der Waals surface area contributed by atoms with Gasteiger partial charge in [-0.3, -0.25) is 0 Å². The van der Waals surface area contributed by atoms with Gasteiger partial charge in [0.1, 0.15) is 0 Å². The summed E-state index contributed by atoms with van der Waals surface area (Å²) in [4.78, 5) is 0. The Labute approximate surface area is 37.2 Å². The molecule has 0 bridgehead atoms. The smallest absolute Gasteiger partial charge is 0.188 e. The second kappa shape index (κ2) is 1.27. The summed E-state index contributed by atoms with van der Waals surface area (Å²) in [5, 5.41) is 0. The molecule has 36 valence electrons. The molecule has 0 aromatic carbocycles. The van der Waals surface area contributed by atoms with Crippen molar-refractivity contribution < 1.29 is 8.76 Å². The molecule has 0 radical (unpaired) electrons. The van der Waals surface area contributed by atoms with Crippen LogP contribution in [0.15, 0.2) is 0 Å². The molecule has 1 aliphatic heterocycles. The fraction of sp³-hybridized carbons (Fsp3) is 1.00. The van der Waals surface area contributed by atoms with Gasteiger partial charge in [0.05, 0.1) is 0 Å². The summed E-state index contributed by atoms with van der Waals surface area (Å²) in [5.41, 5.74) is 4.50. The fourth-order valence-electron chi connectivity index (χ4n) is 0.135. The van der Waals surface area contributed by atoms with E-state index in [2.05, 4.69) is 10.9 Å². The number of hydrazine groups is 1. The summed E-state index contributed by atoms with van der Waals surface area (Å²) in [5.74, 6) is 0. The third kappa shape index (κ3) is 0.749. The van der Waals surface area contributed by atoms with Gasteiger partial charge in [-0.25, -0.2) is 15.1 Å². The number of hydrogen-bond donors (Lipinski definition) is 3. The normalized spacial score (nSPS) is 26.8. The number of hydrogen-bond acceptors (Lipinski definition) is 3. The van der Waals surface area contributed by atoms with Gasteiger partial charge in [0, 0.05) is 0 Å². The second-order valence-electron chi connectivity index (χ2n) is 0.945. The highest BCUT2D eigenvalue weighted by Gasteiger charge is 2.24. The highest BCUT2D eigenvalue weighted by atomic mass is 32.2.